The number of carbonyl (C=O) groups excluding carboxylic acids is 1. The molecule has 1 aliphatic heterocycles. The van der Waals surface area contributed by atoms with Crippen molar-refractivity contribution in [2.75, 3.05) is 32.5 Å². The Bertz CT molecular complexity index is 1200. The smallest absolute Gasteiger partial charge is 0.255 e. The van der Waals surface area contributed by atoms with Gasteiger partial charge in [0.2, 0.25) is 20.0 Å². The second-order valence-corrected chi connectivity index (χ2v) is 12.6. The van der Waals surface area contributed by atoms with E-state index in [0.29, 0.717) is 13.1 Å². The summed E-state index contributed by atoms with van der Waals surface area (Å²) in [5.41, 5.74) is 0.249. The van der Waals surface area contributed by atoms with E-state index in [1.54, 1.807) is 12.1 Å². The zero-order chi connectivity index (χ0) is 23.7. The van der Waals surface area contributed by atoms with Crippen molar-refractivity contribution in [1.29, 1.82) is 0 Å². The summed E-state index contributed by atoms with van der Waals surface area (Å²) in [5, 5.41) is 2.61. The lowest BCUT2D eigenvalue weighted by atomic mass is 9.94. The molecule has 1 fully saturated rings. The van der Waals surface area contributed by atoms with Gasteiger partial charge in [0.1, 0.15) is 4.90 Å². The van der Waals surface area contributed by atoms with Crippen LogP contribution in [0.4, 0.5) is 5.69 Å². The summed E-state index contributed by atoms with van der Waals surface area (Å²) < 4.78 is 54.0. The van der Waals surface area contributed by atoms with Crippen molar-refractivity contribution < 1.29 is 21.6 Å². The van der Waals surface area contributed by atoms with Crippen LogP contribution in [0, 0.1) is 11.8 Å². The van der Waals surface area contributed by atoms with Gasteiger partial charge in [-0.3, -0.25) is 4.79 Å². The number of nitrogens with one attached hydrogen (secondary N) is 1. The minimum absolute atomic E-state index is 0.0423. The molecule has 174 valence electrons. The molecule has 0 radical (unpaired) electrons. The molecule has 3 rings (SSSR count). The Morgan fingerprint density at radius 3 is 2.22 bits per heavy atom. The molecule has 0 aliphatic carbocycles. The van der Waals surface area contributed by atoms with E-state index in [1.165, 1.54) is 54.8 Å². The van der Waals surface area contributed by atoms with Crippen LogP contribution in [-0.2, 0) is 20.0 Å². The Hall–Kier alpha value is -2.27. The van der Waals surface area contributed by atoms with Crippen LogP contribution in [0.2, 0.25) is 0 Å². The molecular formula is C22H29N3O5S2. The Labute approximate surface area is 190 Å². The maximum atomic E-state index is 13.2. The molecule has 1 amide bonds. The number of anilines is 1. The first-order valence-corrected chi connectivity index (χ1v) is 13.2. The largest absolute Gasteiger partial charge is 0.321 e. The predicted octanol–water partition coefficient (Wildman–Crippen LogP) is 2.86. The summed E-state index contributed by atoms with van der Waals surface area (Å²) in [7, 11) is -4.71. The zero-order valence-electron chi connectivity index (χ0n) is 18.6. The van der Waals surface area contributed by atoms with E-state index in [4.69, 9.17) is 0 Å². The number of hydrogen-bond acceptors (Lipinski definition) is 5. The standard InChI is InChI=1S/C22H29N3O5S2/c1-16-12-17(2)15-25(14-16)31(27,28)19-9-7-8-18(13-19)22(26)23-20-10-5-6-11-21(20)32(29,30)24(3)4/h5-11,13,16-17H,12,14-15H2,1-4H3,(H,23,26). The lowest BCUT2D eigenvalue weighted by molar-refractivity contribution is 0.102. The van der Waals surface area contributed by atoms with Crippen molar-refractivity contribution in [3.8, 4) is 0 Å². The number of carbonyl (C=O) groups is 1. The number of benzene rings is 2. The third-order valence-corrected chi connectivity index (χ3v) is 9.16. The van der Waals surface area contributed by atoms with Gasteiger partial charge >= 0.3 is 0 Å². The molecular weight excluding hydrogens is 450 g/mol. The molecule has 0 spiro atoms. The highest BCUT2D eigenvalue weighted by molar-refractivity contribution is 7.89. The lowest BCUT2D eigenvalue weighted by Gasteiger charge is -2.34. The summed E-state index contributed by atoms with van der Waals surface area (Å²) in [5.74, 6) is -0.0749. The number of amides is 1. The molecule has 32 heavy (non-hydrogen) atoms. The molecule has 2 aromatic rings. The minimum atomic E-state index is -3.78. The molecule has 2 aromatic carbocycles. The minimum Gasteiger partial charge on any atom is -0.321 e. The number of nitrogens with zero attached hydrogens (tertiary/aromatic N) is 2. The van der Waals surface area contributed by atoms with Crippen molar-refractivity contribution in [3.05, 3.63) is 54.1 Å². The van der Waals surface area contributed by atoms with Crippen molar-refractivity contribution in [1.82, 2.24) is 8.61 Å². The predicted molar refractivity (Wildman–Crippen MR) is 123 cm³/mol. The molecule has 1 saturated heterocycles. The SMILES string of the molecule is CC1CC(C)CN(S(=O)(=O)c2cccc(C(=O)Nc3ccccc3S(=O)(=O)N(C)C)c2)C1. The van der Waals surface area contributed by atoms with Crippen molar-refractivity contribution >= 4 is 31.6 Å². The third kappa shape index (κ3) is 5.03. The highest BCUT2D eigenvalue weighted by atomic mass is 32.2. The lowest BCUT2D eigenvalue weighted by Crippen LogP contribution is -2.42. The maximum Gasteiger partial charge on any atom is 0.255 e. The molecule has 1 heterocycles. The Kier molecular flexibility index (Phi) is 7.09. The fourth-order valence-corrected chi connectivity index (χ4v) is 6.70. The van der Waals surface area contributed by atoms with Gasteiger partial charge < -0.3 is 5.32 Å². The summed E-state index contributed by atoms with van der Waals surface area (Å²) in [6, 6.07) is 11.9. The number of sulfonamides is 2. The summed E-state index contributed by atoms with van der Waals surface area (Å²) in [6.07, 6.45) is 0.976. The van der Waals surface area contributed by atoms with Gasteiger partial charge in [-0.2, -0.15) is 4.31 Å². The molecule has 2 atom stereocenters. The van der Waals surface area contributed by atoms with E-state index in [1.807, 2.05) is 13.8 Å². The van der Waals surface area contributed by atoms with Gasteiger partial charge in [0.05, 0.1) is 10.6 Å². The molecule has 0 saturated carbocycles. The molecule has 0 aromatic heterocycles. The van der Waals surface area contributed by atoms with Gasteiger partial charge in [-0.25, -0.2) is 21.1 Å². The van der Waals surface area contributed by atoms with Gasteiger partial charge in [-0.15, -0.1) is 0 Å². The molecule has 1 N–H and O–H groups in total. The van der Waals surface area contributed by atoms with Gasteiger partial charge in [-0.1, -0.05) is 32.0 Å². The Morgan fingerprint density at radius 1 is 0.969 bits per heavy atom. The fourth-order valence-electron chi connectivity index (χ4n) is 3.93. The molecule has 0 bridgehead atoms. The second kappa shape index (κ2) is 9.30. The molecule has 8 nitrogen and oxygen atoms in total. The zero-order valence-corrected chi connectivity index (χ0v) is 20.3. The number of piperidine rings is 1. The van der Waals surface area contributed by atoms with Crippen LogP contribution >= 0.6 is 0 Å². The topological polar surface area (TPSA) is 104 Å². The first kappa shape index (κ1) is 24.4. The van der Waals surface area contributed by atoms with Gasteiger partial charge in [-0.05, 0) is 48.6 Å². The van der Waals surface area contributed by atoms with Crippen LogP contribution in [0.1, 0.15) is 30.6 Å². The highest BCUT2D eigenvalue weighted by Gasteiger charge is 2.32. The van der Waals surface area contributed by atoms with Crippen LogP contribution in [0.3, 0.4) is 0 Å². The normalized spacial score (nSPS) is 20.3. The van der Waals surface area contributed by atoms with Crippen LogP contribution in [0.5, 0.6) is 0 Å². The van der Waals surface area contributed by atoms with Crippen molar-refractivity contribution in [2.24, 2.45) is 11.8 Å². The molecule has 10 heteroatoms. The Morgan fingerprint density at radius 2 is 1.59 bits per heavy atom. The van der Waals surface area contributed by atoms with Gasteiger partial charge in [0, 0.05) is 32.7 Å². The van der Waals surface area contributed by atoms with Crippen molar-refractivity contribution in [3.63, 3.8) is 0 Å². The molecule has 1 aliphatic rings. The molecule has 2 unspecified atom stereocenters. The quantitative estimate of drug-likeness (QED) is 0.686. The van der Waals surface area contributed by atoms with Crippen molar-refractivity contribution in [2.45, 2.75) is 30.1 Å². The number of para-hydroxylation sites is 1. The highest BCUT2D eigenvalue weighted by Crippen LogP contribution is 2.28. The fraction of sp³-hybridized carbons (Fsp3) is 0.409. The first-order valence-electron chi connectivity index (χ1n) is 10.4. The Balaban J connectivity index is 1.89. The van der Waals surface area contributed by atoms with E-state index in [0.717, 1.165) is 10.7 Å². The van der Waals surface area contributed by atoms with E-state index in [2.05, 4.69) is 5.32 Å². The van der Waals surface area contributed by atoms with E-state index >= 15 is 0 Å². The number of rotatable bonds is 6. The van der Waals surface area contributed by atoms with Crippen LogP contribution < -0.4 is 5.32 Å². The van der Waals surface area contributed by atoms with Gasteiger partial charge in [0.25, 0.3) is 5.91 Å². The average molecular weight is 480 g/mol. The number of hydrogen-bond donors (Lipinski definition) is 1. The van der Waals surface area contributed by atoms with Gasteiger partial charge in [0.15, 0.2) is 0 Å². The van der Waals surface area contributed by atoms with Crippen LogP contribution in [-0.4, -0.2) is 58.5 Å². The third-order valence-electron chi connectivity index (χ3n) is 5.46. The van der Waals surface area contributed by atoms with Crippen LogP contribution in [0.15, 0.2) is 58.3 Å². The van der Waals surface area contributed by atoms with E-state index < -0.39 is 26.0 Å². The van der Waals surface area contributed by atoms with E-state index in [9.17, 15) is 21.6 Å². The van der Waals surface area contributed by atoms with E-state index in [-0.39, 0.29) is 32.9 Å². The first-order chi connectivity index (χ1) is 14.9. The van der Waals surface area contributed by atoms with Crippen LogP contribution in [0.25, 0.3) is 0 Å². The monoisotopic (exact) mass is 479 g/mol. The average Bonchev–Trinajstić information content (AvgIpc) is 2.73. The summed E-state index contributed by atoms with van der Waals surface area (Å²) in [4.78, 5) is 12.9. The summed E-state index contributed by atoms with van der Waals surface area (Å²) in [6.45, 7) is 4.94. The second-order valence-electron chi connectivity index (χ2n) is 8.53. The summed E-state index contributed by atoms with van der Waals surface area (Å²) >= 11 is 0. The maximum absolute atomic E-state index is 13.2.